The van der Waals surface area contributed by atoms with Crippen molar-refractivity contribution in [2.75, 3.05) is 7.11 Å². The third-order valence-corrected chi connectivity index (χ3v) is 3.21. The number of nitrogens with one attached hydrogen (secondary N) is 1. The van der Waals surface area contributed by atoms with Crippen molar-refractivity contribution in [3.05, 3.63) is 64.2 Å². The topological polar surface area (TPSA) is 103 Å². The first-order valence-corrected chi connectivity index (χ1v) is 7.37. The Balaban J connectivity index is 1.89. The second-order valence-electron chi connectivity index (χ2n) is 5.02. The van der Waals surface area contributed by atoms with Gasteiger partial charge in [-0.15, -0.1) is 0 Å². The zero-order valence-corrected chi connectivity index (χ0v) is 13.7. The van der Waals surface area contributed by atoms with Crippen LogP contribution in [0.15, 0.2) is 53.6 Å². The second-order valence-corrected chi connectivity index (χ2v) is 5.02. The molecule has 0 unspecified atom stereocenters. The van der Waals surface area contributed by atoms with Crippen LogP contribution in [0, 0.1) is 10.1 Å². The molecular weight excluding hydrogens is 326 g/mol. The fourth-order valence-corrected chi connectivity index (χ4v) is 1.89. The number of nitrogens with zero attached hydrogens (tertiary/aromatic N) is 2. The van der Waals surface area contributed by atoms with Crippen molar-refractivity contribution >= 4 is 17.8 Å². The Hall–Kier alpha value is -3.42. The van der Waals surface area contributed by atoms with E-state index < -0.39 is 16.9 Å². The van der Waals surface area contributed by atoms with Gasteiger partial charge in [-0.05, 0) is 36.8 Å². The van der Waals surface area contributed by atoms with E-state index in [2.05, 4.69) is 10.5 Å². The van der Waals surface area contributed by atoms with Gasteiger partial charge in [0.2, 0.25) is 0 Å². The third-order valence-electron chi connectivity index (χ3n) is 3.21. The molecule has 0 radical (unpaired) electrons. The van der Waals surface area contributed by atoms with Gasteiger partial charge in [0.15, 0.2) is 6.10 Å². The fourth-order valence-electron chi connectivity index (χ4n) is 1.89. The average molecular weight is 343 g/mol. The van der Waals surface area contributed by atoms with Crippen LogP contribution in [0.4, 0.5) is 5.69 Å². The fraction of sp³-hybridized carbons (Fsp3) is 0.176. The molecule has 0 heterocycles. The highest BCUT2D eigenvalue weighted by molar-refractivity contribution is 5.84. The lowest BCUT2D eigenvalue weighted by Gasteiger charge is -2.12. The minimum Gasteiger partial charge on any atom is -0.497 e. The minimum atomic E-state index is -0.816. The summed E-state index contributed by atoms with van der Waals surface area (Å²) in [5, 5.41) is 14.5. The summed E-state index contributed by atoms with van der Waals surface area (Å²) in [4.78, 5) is 22.0. The Morgan fingerprint density at radius 1 is 1.24 bits per heavy atom. The molecule has 2 rings (SSSR count). The summed E-state index contributed by atoms with van der Waals surface area (Å²) in [5.74, 6) is 0.590. The smallest absolute Gasteiger partial charge is 0.280 e. The van der Waals surface area contributed by atoms with E-state index in [1.165, 1.54) is 30.5 Å². The van der Waals surface area contributed by atoms with Crippen LogP contribution in [0.2, 0.25) is 0 Å². The van der Waals surface area contributed by atoms with E-state index in [1.54, 1.807) is 26.2 Å². The number of carbonyl (C=O) groups is 1. The number of benzene rings is 2. The normalized spacial score (nSPS) is 11.8. The predicted molar refractivity (Wildman–Crippen MR) is 91.9 cm³/mol. The van der Waals surface area contributed by atoms with Gasteiger partial charge in [0.25, 0.3) is 11.6 Å². The quantitative estimate of drug-likeness (QED) is 0.473. The maximum atomic E-state index is 12.0. The Morgan fingerprint density at radius 2 is 1.96 bits per heavy atom. The van der Waals surface area contributed by atoms with Crippen molar-refractivity contribution in [2.24, 2.45) is 5.10 Å². The largest absolute Gasteiger partial charge is 0.497 e. The number of methoxy groups -OCH3 is 1. The minimum absolute atomic E-state index is 0.0488. The van der Waals surface area contributed by atoms with E-state index in [0.717, 1.165) is 5.56 Å². The number of hydrogen-bond donors (Lipinski definition) is 1. The molecule has 0 saturated heterocycles. The molecule has 0 saturated carbocycles. The first kappa shape index (κ1) is 17.9. The van der Waals surface area contributed by atoms with Gasteiger partial charge in [-0.3, -0.25) is 14.9 Å². The molecule has 1 N–H and O–H groups in total. The number of amides is 1. The van der Waals surface area contributed by atoms with E-state index in [1.807, 2.05) is 12.1 Å². The number of hydrazone groups is 1. The van der Waals surface area contributed by atoms with Crippen molar-refractivity contribution in [3.8, 4) is 11.5 Å². The number of carbonyl (C=O) groups excluding carboxylic acids is 1. The Bertz CT molecular complexity index is 774. The van der Waals surface area contributed by atoms with Gasteiger partial charge in [0.05, 0.1) is 18.2 Å². The summed E-state index contributed by atoms with van der Waals surface area (Å²) in [6.45, 7) is 1.55. The van der Waals surface area contributed by atoms with Crippen molar-refractivity contribution < 1.29 is 19.2 Å². The molecule has 8 nitrogen and oxygen atoms in total. The monoisotopic (exact) mass is 343 g/mol. The highest BCUT2D eigenvalue weighted by Gasteiger charge is 2.14. The van der Waals surface area contributed by atoms with Gasteiger partial charge in [-0.1, -0.05) is 12.1 Å². The van der Waals surface area contributed by atoms with Gasteiger partial charge in [-0.2, -0.15) is 5.10 Å². The van der Waals surface area contributed by atoms with Crippen LogP contribution in [0.25, 0.3) is 0 Å². The summed E-state index contributed by atoms with van der Waals surface area (Å²) in [5.41, 5.74) is 3.09. The third kappa shape index (κ3) is 5.31. The molecule has 1 amide bonds. The summed E-state index contributed by atoms with van der Waals surface area (Å²) < 4.78 is 10.5. The van der Waals surface area contributed by atoms with Crippen LogP contribution in [-0.2, 0) is 4.79 Å². The molecule has 0 fully saturated rings. The SMILES string of the molecule is COc1cccc(/C=N\NC(=O)[C@@H](C)Oc2ccc([N+](=O)[O-])cc2)c1. The number of nitro benzene ring substituents is 1. The summed E-state index contributed by atoms with van der Waals surface area (Å²) >= 11 is 0. The van der Waals surface area contributed by atoms with Gasteiger partial charge in [0, 0.05) is 12.1 Å². The van der Waals surface area contributed by atoms with Gasteiger partial charge in [-0.25, -0.2) is 5.43 Å². The summed E-state index contributed by atoms with van der Waals surface area (Å²) in [6.07, 6.45) is 0.669. The Morgan fingerprint density at radius 3 is 2.60 bits per heavy atom. The summed E-state index contributed by atoms with van der Waals surface area (Å²) in [7, 11) is 1.56. The van der Waals surface area contributed by atoms with E-state index in [4.69, 9.17) is 9.47 Å². The van der Waals surface area contributed by atoms with E-state index in [-0.39, 0.29) is 5.69 Å². The van der Waals surface area contributed by atoms with Crippen LogP contribution in [0.3, 0.4) is 0 Å². The number of nitro groups is 1. The van der Waals surface area contributed by atoms with Crippen LogP contribution in [-0.4, -0.2) is 30.3 Å². The molecule has 0 spiro atoms. The second kappa shape index (κ2) is 8.44. The predicted octanol–water partition coefficient (Wildman–Crippen LogP) is 2.52. The Kier molecular flexibility index (Phi) is 6.05. The number of non-ortho nitro benzene ring substituents is 1. The van der Waals surface area contributed by atoms with Gasteiger partial charge >= 0.3 is 0 Å². The maximum Gasteiger partial charge on any atom is 0.280 e. The van der Waals surface area contributed by atoms with Crippen molar-refractivity contribution in [2.45, 2.75) is 13.0 Å². The van der Waals surface area contributed by atoms with Gasteiger partial charge in [0.1, 0.15) is 11.5 Å². The first-order valence-electron chi connectivity index (χ1n) is 7.37. The van der Waals surface area contributed by atoms with E-state index in [9.17, 15) is 14.9 Å². The van der Waals surface area contributed by atoms with E-state index >= 15 is 0 Å². The lowest BCUT2D eigenvalue weighted by atomic mass is 10.2. The highest BCUT2D eigenvalue weighted by Crippen LogP contribution is 2.18. The van der Waals surface area contributed by atoms with Crippen molar-refractivity contribution in [1.29, 1.82) is 0 Å². The molecule has 0 aliphatic heterocycles. The molecule has 0 aliphatic rings. The molecule has 130 valence electrons. The average Bonchev–Trinajstić information content (AvgIpc) is 2.62. The maximum absolute atomic E-state index is 12.0. The molecule has 0 aliphatic carbocycles. The van der Waals surface area contributed by atoms with Crippen molar-refractivity contribution in [1.82, 2.24) is 5.43 Å². The van der Waals surface area contributed by atoms with E-state index in [0.29, 0.717) is 11.5 Å². The van der Waals surface area contributed by atoms with Crippen molar-refractivity contribution in [3.63, 3.8) is 0 Å². The molecule has 2 aromatic rings. The zero-order valence-electron chi connectivity index (χ0n) is 13.7. The molecular formula is C17H17N3O5. The molecule has 1 atom stereocenters. The zero-order chi connectivity index (χ0) is 18.2. The van der Waals surface area contributed by atoms with Gasteiger partial charge < -0.3 is 9.47 Å². The molecule has 25 heavy (non-hydrogen) atoms. The molecule has 2 aromatic carbocycles. The highest BCUT2D eigenvalue weighted by atomic mass is 16.6. The van der Waals surface area contributed by atoms with Crippen LogP contribution in [0.1, 0.15) is 12.5 Å². The Labute approximate surface area is 144 Å². The van der Waals surface area contributed by atoms with Crippen LogP contribution >= 0.6 is 0 Å². The lowest BCUT2D eigenvalue weighted by Crippen LogP contribution is -2.33. The number of hydrogen-bond acceptors (Lipinski definition) is 6. The number of rotatable bonds is 7. The summed E-state index contributed by atoms with van der Waals surface area (Å²) in [6, 6.07) is 12.7. The molecule has 0 bridgehead atoms. The standard InChI is InChI=1S/C17H17N3O5/c1-12(25-15-8-6-14(7-9-15)20(22)23)17(21)19-18-11-13-4-3-5-16(10-13)24-2/h3-12H,1-2H3,(H,19,21)/b18-11-/t12-/m1/s1. The van der Waals surface area contributed by atoms with Crippen LogP contribution in [0.5, 0.6) is 11.5 Å². The molecule has 0 aromatic heterocycles. The number of ether oxygens (including phenoxy) is 2. The lowest BCUT2D eigenvalue weighted by molar-refractivity contribution is -0.384. The molecule has 8 heteroatoms. The first-order chi connectivity index (χ1) is 12.0. The van der Waals surface area contributed by atoms with Crippen LogP contribution < -0.4 is 14.9 Å².